The second kappa shape index (κ2) is 9.30. The van der Waals surface area contributed by atoms with Crippen LogP contribution in [0.2, 0.25) is 0 Å². The van der Waals surface area contributed by atoms with Gasteiger partial charge < -0.3 is 10.4 Å². The molecule has 1 amide bonds. The molecule has 10 heteroatoms. The number of para-hydroxylation sites is 1. The first-order chi connectivity index (χ1) is 16.0. The molecule has 2 N–H and O–H groups in total. The summed E-state index contributed by atoms with van der Waals surface area (Å²) < 4.78 is 2.53. The van der Waals surface area contributed by atoms with Crippen LogP contribution < -0.4 is 10.9 Å². The van der Waals surface area contributed by atoms with E-state index < -0.39 is 0 Å². The van der Waals surface area contributed by atoms with Gasteiger partial charge in [0.2, 0.25) is 5.91 Å². The highest BCUT2D eigenvalue weighted by Crippen LogP contribution is 2.31. The van der Waals surface area contributed by atoms with Crippen molar-refractivity contribution in [2.24, 2.45) is 0 Å². The number of fused-ring (bicyclic) bond motifs is 2. The van der Waals surface area contributed by atoms with Crippen molar-refractivity contribution in [1.82, 2.24) is 14.5 Å². The third-order valence-corrected chi connectivity index (χ3v) is 8.17. The van der Waals surface area contributed by atoms with Gasteiger partial charge in [-0.25, -0.2) is 9.97 Å². The largest absolute Gasteiger partial charge is 0.392 e. The van der Waals surface area contributed by atoms with Gasteiger partial charge in [0.1, 0.15) is 0 Å². The van der Waals surface area contributed by atoms with Crippen molar-refractivity contribution >= 4 is 56.1 Å². The Morgan fingerprint density at radius 3 is 2.94 bits per heavy atom. The maximum atomic E-state index is 13.3. The molecular weight excluding hydrogens is 476 g/mol. The second-order valence-electron chi connectivity index (χ2n) is 7.52. The fourth-order valence-electron chi connectivity index (χ4n) is 3.64. The molecule has 0 saturated carbocycles. The van der Waals surface area contributed by atoms with Gasteiger partial charge in [-0.3, -0.25) is 14.2 Å². The monoisotopic (exact) mass is 496 g/mol. The van der Waals surface area contributed by atoms with Crippen molar-refractivity contribution < 1.29 is 9.90 Å². The summed E-state index contributed by atoms with van der Waals surface area (Å²) in [6.07, 6.45) is 0.725. The Balaban J connectivity index is 1.42. The molecule has 1 aliphatic rings. The first-order valence-corrected chi connectivity index (χ1v) is 13.1. The van der Waals surface area contributed by atoms with Crippen LogP contribution in [-0.4, -0.2) is 37.1 Å². The molecule has 0 spiro atoms. The lowest BCUT2D eigenvalue weighted by molar-refractivity contribution is -0.113. The number of amides is 1. The molecule has 0 fully saturated rings. The number of aliphatic hydroxyl groups excluding tert-OH is 1. The van der Waals surface area contributed by atoms with Crippen LogP contribution in [0.5, 0.6) is 0 Å². The summed E-state index contributed by atoms with van der Waals surface area (Å²) in [5.41, 5.74) is 3.81. The zero-order chi connectivity index (χ0) is 22.9. The number of aliphatic hydroxyl groups is 1. The smallest absolute Gasteiger partial charge is 0.272 e. The number of nitrogens with one attached hydrogen (secondary N) is 1. The highest BCUT2D eigenvalue weighted by atomic mass is 32.2. The van der Waals surface area contributed by atoms with E-state index in [2.05, 4.69) is 10.3 Å². The summed E-state index contributed by atoms with van der Waals surface area (Å²) in [6.45, 7) is 1.82. The van der Waals surface area contributed by atoms with Gasteiger partial charge in [-0.15, -0.1) is 11.8 Å². The van der Waals surface area contributed by atoms with E-state index in [0.29, 0.717) is 26.4 Å². The van der Waals surface area contributed by atoms with Gasteiger partial charge in [-0.05, 0) is 30.7 Å². The molecule has 0 bridgehead atoms. The summed E-state index contributed by atoms with van der Waals surface area (Å²) in [5, 5.41) is 13.6. The predicted molar refractivity (Wildman–Crippen MR) is 134 cm³/mol. The number of nitrogens with zero attached hydrogens (tertiary/aromatic N) is 3. The number of carbonyl (C=O) groups excluding carboxylic acids is 1. The first-order valence-electron chi connectivity index (χ1n) is 10.3. The number of carbonyl (C=O) groups is 1. The number of aromatic nitrogens is 3. The second-order valence-corrected chi connectivity index (χ2v) is 10.6. The quantitative estimate of drug-likeness (QED) is 0.307. The molecule has 0 radical (unpaired) electrons. The van der Waals surface area contributed by atoms with Crippen molar-refractivity contribution in [3.63, 3.8) is 0 Å². The molecule has 0 aliphatic carbocycles. The molecule has 3 heterocycles. The minimum atomic E-state index is -0.220. The first kappa shape index (κ1) is 22.1. The van der Waals surface area contributed by atoms with Gasteiger partial charge in [0.05, 0.1) is 38.9 Å². The number of thioether (sulfide) groups is 2. The molecule has 168 valence electrons. The van der Waals surface area contributed by atoms with Crippen molar-refractivity contribution in [2.45, 2.75) is 30.0 Å². The van der Waals surface area contributed by atoms with Crippen molar-refractivity contribution in [2.75, 3.05) is 16.8 Å². The van der Waals surface area contributed by atoms with Gasteiger partial charge in [0.15, 0.2) is 10.3 Å². The number of rotatable bonds is 6. The Kier molecular flexibility index (Phi) is 6.24. The molecule has 2 aromatic carbocycles. The molecule has 33 heavy (non-hydrogen) atoms. The third kappa shape index (κ3) is 4.43. The Bertz CT molecular complexity index is 1430. The lowest BCUT2D eigenvalue weighted by Crippen LogP contribution is -2.25. The zero-order valence-corrected chi connectivity index (χ0v) is 20.1. The maximum Gasteiger partial charge on any atom is 0.272 e. The number of hydrogen-bond donors (Lipinski definition) is 2. The lowest BCUT2D eigenvalue weighted by Gasteiger charge is -2.16. The summed E-state index contributed by atoms with van der Waals surface area (Å²) in [7, 11) is 0. The standard InChI is InChI=1S/C23H20N4O3S3/c1-13-6-7-15-18(10-13)33-22(24-15)26-19(29)12-32-23-25-16-8-9-31-20(16)21(30)27(23)17-5-3-2-4-14(17)11-28/h2-7,10,28H,8-9,11-12H2,1H3,(H,24,26,29). The molecule has 2 aromatic heterocycles. The van der Waals surface area contributed by atoms with Gasteiger partial charge in [0.25, 0.3) is 5.56 Å². The summed E-state index contributed by atoms with van der Waals surface area (Å²) in [5.74, 6) is 0.668. The van der Waals surface area contributed by atoms with Crippen molar-refractivity contribution in [3.8, 4) is 5.69 Å². The Labute approximate surface area is 202 Å². The van der Waals surface area contributed by atoms with E-state index in [1.54, 1.807) is 12.1 Å². The van der Waals surface area contributed by atoms with Crippen LogP contribution in [0.4, 0.5) is 5.13 Å². The molecule has 1 aliphatic heterocycles. The van der Waals surface area contributed by atoms with Gasteiger partial charge >= 0.3 is 0 Å². The van der Waals surface area contributed by atoms with E-state index in [0.717, 1.165) is 33.6 Å². The number of hydrogen-bond acceptors (Lipinski definition) is 8. The van der Waals surface area contributed by atoms with Crippen LogP contribution in [0.1, 0.15) is 16.8 Å². The maximum absolute atomic E-state index is 13.3. The summed E-state index contributed by atoms with van der Waals surface area (Å²) in [4.78, 5) is 35.8. The van der Waals surface area contributed by atoms with Crippen molar-refractivity contribution in [3.05, 3.63) is 69.6 Å². The molecule has 7 nitrogen and oxygen atoms in total. The minimum absolute atomic E-state index is 0.0780. The van der Waals surface area contributed by atoms with Gasteiger partial charge in [0, 0.05) is 17.7 Å². The van der Waals surface area contributed by atoms with Crippen LogP contribution >= 0.6 is 34.9 Å². The topological polar surface area (TPSA) is 97.1 Å². The summed E-state index contributed by atoms with van der Waals surface area (Å²) in [6, 6.07) is 13.2. The third-order valence-electron chi connectivity index (χ3n) is 5.19. The fraction of sp³-hybridized carbons (Fsp3) is 0.217. The van der Waals surface area contributed by atoms with Crippen LogP contribution in [0, 0.1) is 6.92 Å². The van der Waals surface area contributed by atoms with E-state index in [4.69, 9.17) is 4.98 Å². The molecule has 0 saturated heterocycles. The van der Waals surface area contributed by atoms with Gasteiger partial charge in [-0.1, -0.05) is 47.4 Å². The lowest BCUT2D eigenvalue weighted by atomic mass is 10.2. The molecule has 0 unspecified atom stereocenters. The van der Waals surface area contributed by atoms with Crippen LogP contribution in [0.15, 0.2) is 57.3 Å². The van der Waals surface area contributed by atoms with E-state index in [1.165, 1.54) is 39.4 Å². The Hall–Kier alpha value is -2.66. The molecule has 5 rings (SSSR count). The Morgan fingerprint density at radius 1 is 1.24 bits per heavy atom. The average molecular weight is 497 g/mol. The molecule has 0 atom stereocenters. The summed E-state index contributed by atoms with van der Waals surface area (Å²) >= 11 is 4.14. The number of aryl methyl sites for hydroxylation is 2. The number of benzene rings is 2. The van der Waals surface area contributed by atoms with Crippen LogP contribution in [-0.2, 0) is 17.8 Å². The normalized spacial score (nSPS) is 12.8. The zero-order valence-electron chi connectivity index (χ0n) is 17.7. The van der Waals surface area contributed by atoms with Gasteiger partial charge in [-0.2, -0.15) is 0 Å². The highest BCUT2D eigenvalue weighted by Gasteiger charge is 2.24. The SMILES string of the molecule is Cc1ccc2nc(NC(=O)CSc3nc4c(c(=O)n3-c3ccccc3CO)SCC4)sc2c1. The molecule has 4 aromatic rings. The van der Waals surface area contributed by atoms with Crippen LogP contribution in [0.3, 0.4) is 0 Å². The van der Waals surface area contributed by atoms with E-state index in [-0.39, 0.29) is 23.8 Å². The Morgan fingerprint density at radius 2 is 2.09 bits per heavy atom. The van der Waals surface area contributed by atoms with Crippen LogP contribution in [0.25, 0.3) is 15.9 Å². The minimum Gasteiger partial charge on any atom is -0.392 e. The number of anilines is 1. The predicted octanol–water partition coefficient (Wildman–Crippen LogP) is 4.02. The van der Waals surface area contributed by atoms with E-state index in [1.807, 2.05) is 37.3 Å². The highest BCUT2D eigenvalue weighted by molar-refractivity contribution is 8.00. The average Bonchev–Trinajstić information content (AvgIpc) is 3.44. The van der Waals surface area contributed by atoms with Crippen molar-refractivity contribution in [1.29, 1.82) is 0 Å². The van der Waals surface area contributed by atoms with E-state index in [9.17, 15) is 14.7 Å². The van der Waals surface area contributed by atoms with E-state index >= 15 is 0 Å². The fourth-order valence-corrected chi connectivity index (χ4v) is 6.46. The molecular formula is C23H20N4O3S3. The number of thiazole rings is 1.